The second-order valence-electron chi connectivity index (χ2n) is 8.04. The molecular formula is C20H27FN4O3. The molecule has 2 atom stereocenters. The fraction of sp³-hybridized carbons (Fsp3) is 0.500. The molecule has 0 bridgehead atoms. The van der Waals surface area contributed by atoms with E-state index in [0.717, 1.165) is 17.7 Å². The fourth-order valence-corrected chi connectivity index (χ4v) is 3.33. The molecule has 8 heteroatoms. The first-order chi connectivity index (χ1) is 13.1. The van der Waals surface area contributed by atoms with Gasteiger partial charge >= 0.3 is 0 Å². The zero-order valence-electron chi connectivity index (χ0n) is 16.4. The Morgan fingerprint density at radius 2 is 2.18 bits per heavy atom. The van der Waals surface area contributed by atoms with E-state index in [2.05, 4.69) is 5.10 Å². The first-order valence-electron chi connectivity index (χ1n) is 9.31. The van der Waals surface area contributed by atoms with Crippen LogP contribution in [0, 0.1) is 0 Å². The molecular weight excluding hydrogens is 363 g/mol. The summed E-state index contributed by atoms with van der Waals surface area (Å²) in [5.74, 6) is -0.346. The number of nitrogens with two attached hydrogens (primary N) is 1. The van der Waals surface area contributed by atoms with Crippen LogP contribution in [0.15, 0.2) is 30.6 Å². The second-order valence-corrected chi connectivity index (χ2v) is 8.04. The lowest BCUT2D eigenvalue weighted by atomic mass is 10.0. The van der Waals surface area contributed by atoms with E-state index in [0.29, 0.717) is 19.5 Å². The molecule has 0 unspecified atom stereocenters. The smallest absolute Gasteiger partial charge is 0.252 e. The summed E-state index contributed by atoms with van der Waals surface area (Å²) in [5.41, 5.74) is 6.37. The maximum absolute atomic E-state index is 14.3. The predicted molar refractivity (Wildman–Crippen MR) is 104 cm³/mol. The number of likely N-dealkylation sites (tertiary alicyclic amines) is 1. The third kappa shape index (κ3) is 4.88. The molecule has 152 valence electrons. The first kappa shape index (κ1) is 20.3. The lowest BCUT2D eigenvalue weighted by Gasteiger charge is -2.32. The molecule has 0 spiro atoms. The minimum Gasteiger partial charge on any atom is -0.486 e. The summed E-state index contributed by atoms with van der Waals surface area (Å²) in [6.07, 6.45) is 2.25. The van der Waals surface area contributed by atoms with Crippen molar-refractivity contribution >= 4 is 5.91 Å². The van der Waals surface area contributed by atoms with Gasteiger partial charge in [0.15, 0.2) is 0 Å². The van der Waals surface area contributed by atoms with Gasteiger partial charge in [0.05, 0.1) is 23.9 Å². The Hall–Kier alpha value is -2.45. The molecule has 1 aromatic heterocycles. The van der Waals surface area contributed by atoms with Crippen LogP contribution < -0.4 is 10.5 Å². The van der Waals surface area contributed by atoms with E-state index in [1.54, 1.807) is 49.1 Å². The van der Waals surface area contributed by atoms with Crippen LogP contribution in [0.5, 0.6) is 5.75 Å². The van der Waals surface area contributed by atoms with Crippen LogP contribution in [0.3, 0.4) is 0 Å². The zero-order chi connectivity index (χ0) is 20.5. The van der Waals surface area contributed by atoms with Gasteiger partial charge in [-0.15, -0.1) is 0 Å². The Morgan fingerprint density at radius 1 is 1.43 bits per heavy atom. The molecule has 1 aliphatic rings. The van der Waals surface area contributed by atoms with E-state index in [1.807, 2.05) is 11.9 Å². The number of rotatable bonds is 6. The molecule has 7 nitrogen and oxygen atoms in total. The van der Waals surface area contributed by atoms with Gasteiger partial charge < -0.3 is 20.5 Å². The van der Waals surface area contributed by atoms with E-state index >= 15 is 0 Å². The van der Waals surface area contributed by atoms with Crippen molar-refractivity contribution in [3.63, 3.8) is 0 Å². The highest BCUT2D eigenvalue weighted by molar-refractivity contribution is 5.97. The Bertz CT molecular complexity index is 846. The van der Waals surface area contributed by atoms with Crippen LogP contribution in [0.25, 0.3) is 11.1 Å². The van der Waals surface area contributed by atoms with E-state index < -0.39 is 23.8 Å². The summed E-state index contributed by atoms with van der Waals surface area (Å²) in [5, 5.41) is 14.2. The molecule has 0 aliphatic carbocycles. The molecule has 1 fully saturated rings. The number of aromatic nitrogens is 2. The number of hydrogen-bond acceptors (Lipinski definition) is 5. The second kappa shape index (κ2) is 7.89. The van der Waals surface area contributed by atoms with Crippen molar-refractivity contribution < 1.29 is 19.0 Å². The normalized spacial score (nSPS) is 20.9. The van der Waals surface area contributed by atoms with Gasteiger partial charge in [-0.2, -0.15) is 5.10 Å². The summed E-state index contributed by atoms with van der Waals surface area (Å²) in [6, 6.07) is 5.06. The molecule has 2 heterocycles. The Balaban J connectivity index is 1.82. The van der Waals surface area contributed by atoms with Crippen molar-refractivity contribution in [2.75, 3.05) is 20.1 Å². The topological polar surface area (TPSA) is 93.6 Å². The molecule has 1 saturated heterocycles. The van der Waals surface area contributed by atoms with Crippen LogP contribution in [0.1, 0.15) is 30.6 Å². The number of halogens is 1. The molecule has 1 amide bonds. The van der Waals surface area contributed by atoms with Gasteiger partial charge in [-0.3, -0.25) is 9.48 Å². The number of benzene rings is 1. The van der Waals surface area contributed by atoms with Crippen LogP contribution >= 0.6 is 0 Å². The van der Waals surface area contributed by atoms with Gasteiger partial charge in [-0.05, 0) is 45.0 Å². The monoisotopic (exact) mass is 390 g/mol. The van der Waals surface area contributed by atoms with Crippen molar-refractivity contribution in [1.82, 2.24) is 14.7 Å². The Labute approximate surface area is 163 Å². The minimum absolute atomic E-state index is 0.207. The third-order valence-corrected chi connectivity index (χ3v) is 4.72. The van der Waals surface area contributed by atoms with Crippen molar-refractivity contribution in [1.29, 1.82) is 0 Å². The van der Waals surface area contributed by atoms with Gasteiger partial charge in [-0.1, -0.05) is 6.07 Å². The summed E-state index contributed by atoms with van der Waals surface area (Å²) in [7, 11) is 1.87. The summed E-state index contributed by atoms with van der Waals surface area (Å²) in [4.78, 5) is 13.9. The SMILES string of the molecule is CN1CC[C@H](Oc2ccc(-c3cnn(CC(C)(C)O)c3)cc2C(N)=O)[C@@H](F)C1. The van der Waals surface area contributed by atoms with Gasteiger partial charge in [0.2, 0.25) is 0 Å². The zero-order valence-corrected chi connectivity index (χ0v) is 16.4. The number of piperidine rings is 1. The van der Waals surface area contributed by atoms with E-state index in [1.165, 1.54) is 0 Å². The number of alkyl halides is 1. The van der Waals surface area contributed by atoms with Gasteiger partial charge in [0.25, 0.3) is 5.91 Å². The van der Waals surface area contributed by atoms with Crippen molar-refractivity contribution in [2.24, 2.45) is 5.73 Å². The van der Waals surface area contributed by atoms with Gasteiger partial charge in [0.1, 0.15) is 18.0 Å². The van der Waals surface area contributed by atoms with E-state index in [9.17, 15) is 14.3 Å². The maximum atomic E-state index is 14.3. The third-order valence-electron chi connectivity index (χ3n) is 4.72. The number of carbonyl (C=O) groups excluding carboxylic acids is 1. The number of carbonyl (C=O) groups is 1. The van der Waals surface area contributed by atoms with Crippen molar-refractivity contribution in [3.05, 3.63) is 36.2 Å². The quantitative estimate of drug-likeness (QED) is 0.785. The number of hydrogen-bond donors (Lipinski definition) is 2. The summed E-state index contributed by atoms with van der Waals surface area (Å²) >= 11 is 0. The highest BCUT2D eigenvalue weighted by atomic mass is 19.1. The number of ether oxygens (including phenoxy) is 1. The summed E-state index contributed by atoms with van der Waals surface area (Å²) < 4.78 is 21.7. The number of amides is 1. The number of nitrogens with zero attached hydrogens (tertiary/aromatic N) is 3. The average molecular weight is 390 g/mol. The summed E-state index contributed by atoms with van der Waals surface area (Å²) in [6.45, 7) is 4.77. The molecule has 0 radical (unpaired) electrons. The number of aliphatic hydroxyl groups is 1. The van der Waals surface area contributed by atoms with Crippen molar-refractivity contribution in [3.8, 4) is 16.9 Å². The highest BCUT2D eigenvalue weighted by Crippen LogP contribution is 2.29. The van der Waals surface area contributed by atoms with E-state index in [-0.39, 0.29) is 11.3 Å². The maximum Gasteiger partial charge on any atom is 0.252 e. The van der Waals surface area contributed by atoms with Crippen LogP contribution in [-0.4, -0.2) is 63.7 Å². The molecule has 1 aromatic carbocycles. The molecule has 3 rings (SSSR count). The average Bonchev–Trinajstić information content (AvgIpc) is 3.04. The lowest BCUT2D eigenvalue weighted by Crippen LogP contribution is -2.45. The predicted octanol–water partition coefficient (Wildman–Crippen LogP) is 1.84. The van der Waals surface area contributed by atoms with Crippen molar-refractivity contribution in [2.45, 2.75) is 44.7 Å². The standard InChI is InChI=1S/C20H27FN4O3/c1-20(2,27)12-25-10-14(9-23-25)13-4-5-17(15(8-13)19(22)26)28-18-6-7-24(3)11-16(18)21/h4-5,8-10,16,18,27H,6-7,11-12H2,1-3H3,(H2,22,26)/t16-,18-/m0/s1. The molecule has 28 heavy (non-hydrogen) atoms. The van der Waals surface area contributed by atoms with E-state index in [4.69, 9.17) is 10.5 Å². The minimum atomic E-state index is -1.13. The van der Waals surface area contributed by atoms with Crippen LogP contribution in [0.4, 0.5) is 4.39 Å². The first-order valence-corrected chi connectivity index (χ1v) is 9.31. The molecule has 0 saturated carbocycles. The van der Waals surface area contributed by atoms with Crippen LogP contribution in [0.2, 0.25) is 0 Å². The van der Waals surface area contributed by atoms with Gasteiger partial charge in [-0.25, -0.2) is 4.39 Å². The highest BCUT2D eigenvalue weighted by Gasteiger charge is 2.30. The largest absolute Gasteiger partial charge is 0.486 e. The molecule has 2 aromatic rings. The Kier molecular flexibility index (Phi) is 5.71. The molecule has 3 N–H and O–H groups in total. The van der Waals surface area contributed by atoms with Gasteiger partial charge in [0, 0.05) is 24.8 Å². The number of primary amides is 1. The Morgan fingerprint density at radius 3 is 2.82 bits per heavy atom. The molecule has 1 aliphatic heterocycles. The fourth-order valence-electron chi connectivity index (χ4n) is 3.33. The lowest BCUT2D eigenvalue weighted by molar-refractivity contribution is 0.0308. The van der Waals surface area contributed by atoms with Crippen LogP contribution in [-0.2, 0) is 6.54 Å².